The van der Waals surface area contributed by atoms with E-state index in [1.165, 1.54) is 19.1 Å². The van der Waals surface area contributed by atoms with Crippen LogP contribution in [-0.2, 0) is 10.5 Å². The fourth-order valence-corrected chi connectivity index (χ4v) is 2.83. The summed E-state index contributed by atoms with van der Waals surface area (Å²) in [6.45, 7) is 3.48. The van der Waals surface area contributed by atoms with Crippen LogP contribution in [-0.4, -0.2) is 5.91 Å². The van der Waals surface area contributed by atoms with Crippen molar-refractivity contribution < 1.29 is 9.18 Å². The lowest BCUT2D eigenvalue weighted by atomic mass is 9.93. The lowest BCUT2D eigenvalue weighted by Crippen LogP contribution is -2.55. The molecule has 24 heavy (non-hydrogen) atoms. The molecule has 0 saturated carbocycles. The molecule has 1 amide bonds. The molecule has 1 atom stereocenters. The van der Waals surface area contributed by atoms with Gasteiger partial charge in [0, 0.05) is 24.4 Å². The number of allylic oxidation sites excluding steroid dienone is 2. The number of amides is 1. The van der Waals surface area contributed by atoms with Gasteiger partial charge in [-0.05, 0) is 49.4 Å². The minimum absolute atomic E-state index is 0.190. The van der Waals surface area contributed by atoms with Gasteiger partial charge in [-0.2, -0.15) is 0 Å². The van der Waals surface area contributed by atoms with Crippen molar-refractivity contribution in [3.63, 3.8) is 0 Å². The largest absolute Gasteiger partial charge is 0.326 e. The van der Waals surface area contributed by atoms with E-state index in [-0.39, 0.29) is 11.7 Å². The predicted molar refractivity (Wildman–Crippen MR) is 92.5 cm³/mol. The lowest BCUT2D eigenvalue weighted by molar-refractivity contribution is -0.120. The molecule has 0 spiro atoms. The number of carbonyl (C=O) groups is 1. The Balaban J connectivity index is 2.15. The number of halogens is 1. The monoisotopic (exact) mass is 321 g/mol. The van der Waals surface area contributed by atoms with E-state index in [0.717, 1.165) is 16.8 Å². The highest BCUT2D eigenvalue weighted by molar-refractivity contribution is 5.76. The van der Waals surface area contributed by atoms with E-state index in [4.69, 9.17) is 0 Å². The molecule has 3 rings (SSSR count). The summed E-state index contributed by atoms with van der Waals surface area (Å²) in [6, 6.07) is 14.1. The summed E-state index contributed by atoms with van der Waals surface area (Å²) in [5, 5.41) is 2.99. The number of aryl methyl sites for hydroxylation is 1. The number of anilines is 1. The highest BCUT2D eigenvalue weighted by Gasteiger charge is 2.37. The Labute approximate surface area is 141 Å². The molecule has 1 unspecified atom stereocenters. The molecule has 1 heterocycles. The van der Waals surface area contributed by atoms with Crippen LogP contribution in [0.4, 0.5) is 10.1 Å². The molecule has 0 bridgehead atoms. The zero-order valence-electron chi connectivity index (χ0n) is 13.6. The number of rotatable bonds is 3. The molecule has 1 radical (unpaired) electrons. The summed E-state index contributed by atoms with van der Waals surface area (Å²) in [5.74, 6) is -0.511. The number of carbonyl (C=O) groups excluding carboxylic acids is 1. The summed E-state index contributed by atoms with van der Waals surface area (Å²) in [6.07, 6.45) is 8.46. The topological polar surface area (TPSA) is 32.3 Å². The van der Waals surface area contributed by atoms with Crippen LogP contribution < -0.4 is 10.2 Å². The summed E-state index contributed by atoms with van der Waals surface area (Å²) in [7, 11) is 0. The van der Waals surface area contributed by atoms with Crippen molar-refractivity contribution in [1.29, 1.82) is 0 Å². The van der Waals surface area contributed by atoms with Gasteiger partial charge >= 0.3 is 0 Å². The first kappa shape index (κ1) is 16.0. The number of hydrogen-bond donors (Lipinski definition) is 1. The van der Waals surface area contributed by atoms with Gasteiger partial charge in [0.1, 0.15) is 5.82 Å². The van der Waals surface area contributed by atoms with Crippen molar-refractivity contribution in [2.75, 3.05) is 4.90 Å². The molecule has 121 valence electrons. The first-order chi connectivity index (χ1) is 11.5. The van der Waals surface area contributed by atoms with Crippen molar-refractivity contribution in [3.8, 4) is 0 Å². The Kier molecular flexibility index (Phi) is 4.21. The van der Waals surface area contributed by atoms with Gasteiger partial charge < -0.3 is 10.2 Å². The highest BCUT2D eigenvalue weighted by Crippen LogP contribution is 2.35. The Morgan fingerprint density at radius 3 is 2.42 bits per heavy atom. The molecule has 0 aliphatic carbocycles. The summed E-state index contributed by atoms with van der Waals surface area (Å²) >= 11 is 0. The second kappa shape index (κ2) is 6.32. The third-order valence-electron chi connectivity index (χ3n) is 3.96. The number of hydrogen-bond acceptors (Lipinski definition) is 2. The van der Waals surface area contributed by atoms with Crippen molar-refractivity contribution >= 4 is 11.6 Å². The van der Waals surface area contributed by atoms with Gasteiger partial charge in [-0.1, -0.05) is 29.8 Å². The molecular formula is C20H18FN2O. The highest BCUT2D eigenvalue weighted by atomic mass is 19.1. The van der Waals surface area contributed by atoms with Crippen molar-refractivity contribution in [3.05, 3.63) is 89.9 Å². The Morgan fingerprint density at radius 1 is 1.12 bits per heavy atom. The van der Waals surface area contributed by atoms with Crippen LogP contribution >= 0.6 is 0 Å². The average molecular weight is 321 g/mol. The molecule has 4 heteroatoms. The minimum Gasteiger partial charge on any atom is -0.326 e. The first-order valence-corrected chi connectivity index (χ1v) is 7.69. The molecule has 1 aliphatic heterocycles. The molecule has 1 aliphatic rings. The van der Waals surface area contributed by atoms with E-state index in [9.17, 15) is 9.18 Å². The minimum atomic E-state index is -0.955. The molecule has 0 aromatic heterocycles. The van der Waals surface area contributed by atoms with Crippen molar-refractivity contribution in [1.82, 2.24) is 5.32 Å². The van der Waals surface area contributed by atoms with E-state index in [0.29, 0.717) is 0 Å². The summed E-state index contributed by atoms with van der Waals surface area (Å²) < 4.78 is 13.4. The zero-order valence-corrected chi connectivity index (χ0v) is 13.6. The SMILES string of the molecule is CC(=O)NC1(c2ccc(F)cc2)C=[C]C=CN1c1ccc(C)cc1. The molecule has 2 aromatic carbocycles. The van der Waals surface area contributed by atoms with Crippen LogP contribution in [0, 0.1) is 18.8 Å². The molecule has 1 N–H and O–H groups in total. The van der Waals surface area contributed by atoms with Gasteiger partial charge in [0.25, 0.3) is 0 Å². The fraction of sp³-hybridized carbons (Fsp3) is 0.150. The van der Waals surface area contributed by atoms with Gasteiger partial charge in [-0.25, -0.2) is 4.39 Å². The van der Waals surface area contributed by atoms with Gasteiger partial charge in [-0.15, -0.1) is 0 Å². The van der Waals surface area contributed by atoms with Crippen LogP contribution in [0.2, 0.25) is 0 Å². The second-order valence-corrected chi connectivity index (χ2v) is 5.79. The lowest BCUT2D eigenvalue weighted by Gasteiger charge is -2.43. The van der Waals surface area contributed by atoms with E-state index >= 15 is 0 Å². The third-order valence-corrected chi connectivity index (χ3v) is 3.96. The molecule has 2 aromatic rings. The van der Waals surface area contributed by atoms with Gasteiger partial charge in [0.05, 0.1) is 0 Å². The quantitative estimate of drug-likeness (QED) is 0.932. The summed E-state index contributed by atoms with van der Waals surface area (Å²) in [4.78, 5) is 13.8. The van der Waals surface area contributed by atoms with E-state index in [1.807, 2.05) is 42.3 Å². The Hall–Kier alpha value is -2.88. The molecular weight excluding hydrogens is 303 g/mol. The zero-order chi connectivity index (χ0) is 17.2. The maximum atomic E-state index is 13.4. The van der Waals surface area contributed by atoms with Crippen LogP contribution in [0.25, 0.3) is 0 Å². The average Bonchev–Trinajstić information content (AvgIpc) is 2.56. The smallest absolute Gasteiger partial charge is 0.219 e. The molecule has 0 saturated heterocycles. The normalized spacial score (nSPS) is 19.4. The van der Waals surface area contributed by atoms with Gasteiger partial charge in [0.2, 0.25) is 5.91 Å². The standard InChI is InChI=1S/C20H18FN2O/c1-15-5-11-19(12-6-15)23-14-4-3-13-20(23,22-16(2)24)17-7-9-18(21)10-8-17/h4-14H,1-2H3,(H,22,24). The van der Waals surface area contributed by atoms with E-state index in [2.05, 4.69) is 11.4 Å². The van der Waals surface area contributed by atoms with Crippen LogP contribution in [0.5, 0.6) is 0 Å². The maximum absolute atomic E-state index is 13.4. The second-order valence-electron chi connectivity index (χ2n) is 5.79. The Morgan fingerprint density at radius 2 is 1.79 bits per heavy atom. The van der Waals surface area contributed by atoms with E-state index < -0.39 is 5.66 Å². The summed E-state index contributed by atoms with van der Waals surface area (Å²) in [5.41, 5.74) is 1.85. The van der Waals surface area contributed by atoms with Crippen molar-refractivity contribution in [2.24, 2.45) is 0 Å². The molecule has 3 nitrogen and oxygen atoms in total. The predicted octanol–water partition coefficient (Wildman–Crippen LogP) is 3.82. The van der Waals surface area contributed by atoms with Crippen LogP contribution in [0.15, 0.2) is 66.9 Å². The third kappa shape index (κ3) is 2.95. The van der Waals surface area contributed by atoms with E-state index in [1.54, 1.807) is 24.3 Å². The van der Waals surface area contributed by atoms with Crippen molar-refractivity contribution in [2.45, 2.75) is 19.5 Å². The number of nitrogens with one attached hydrogen (secondary N) is 1. The van der Waals surface area contributed by atoms with Gasteiger partial charge in [0.15, 0.2) is 5.66 Å². The number of nitrogens with zero attached hydrogens (tertiary/aromatic N) is 1. The van der Waals surface area contributed by atoms with Crippen LogP contribution in [0.3, 0.4) is 0 Å². The van der Waals surface area contributed by atoms with Gasteiger partial charge in [-0.3, -0.25) is 4.79 Å². The van der Waals surface area contributed by atoms with Crippen LogP contribution in [0.1, 0.15) is 18.1 Å². The maximum Gasteiger partial charge on any atom is 0.219 e. The Bertz CT molecular complexity index is 793. The number of benzene rings is 2. The first-order valence-electron chi connectivity index (χ1n) is 7.69. The fourth-order valence-electron chi connectivity index (χ4n) is 2.83. The molecule has 0 fully saturated rings.